The highest BCUT2D eigenvalue weighted by Crippen LogP contribution is 2.15. The zero-order chi connectivity index (χ0) is 13.9. The molecule has 0 amide bonds. The van der Waals surface area contributed by atoms with Crippen LogP contribution < -0.4 is 10.5 Å². The van der Waals surface area contributed by atoms with Gasteiger partial charge >= 0.3 is 0 Å². The minimum atomic E-state index is -3.77. The van der Waals surface area contributed by atoms with Crippen LogP contribution in [-0.2, 0) is 16.6 Å². The Balaban J connectivity index is 1.98. The Morgan fingerprint density at radius 1 is 1.21 bits per heavy atom. The van der Waals surface area contributed by atoms with E-state index in [9.17, 15) is 8.42 Å². The van der Waals surface area contributed by atoms with Crippen LogP contribution >= 0.6 is 0 Å². The topological polar surface area (TPSA) is 85.3 Å². The first kappa shape index (κ1) is 13.8. The van der Waals surface area contributed by atoms with Crippen molar-refractivity contribution in [2.45, 2.75) is 24.6 Å². The summed E-state index contributed by atoms with van der Waals surface area (Å²) < 4.78 is 27.3. The van der Waals surface area contributed by atoms with Crippen molar-refractivity contribution in [2.75, 3.05) is 0 Å². The van der Waals surface area contributed by atoms with E-state index < -0.39 is 10.0 Å². The van der Waals surface area contributed by atoms with Crippen molar-refractivity contribution in [1.29, 1.82) is 0 Å². The van der Waals surface area contributed by atoms with Gasteiger partial charge in [-0.3, -0.25) is 0 Å². The smallest absolute Gasteiger partial charge is 0.271 e. The normalized spacial score (nSPS) is 13.4. The van der Waals surface area contributed by atoms with E-state index in [4.69, 9.17) is 9.56 Å². The summed E-state index contributed by atoms with van der Waals surface area (Å²) in [4.78, 5) is 0. The van der Waals surface area contributed by atoms with Crippen LogP contribution in [0, 0.1) is 0 Å². The molecule has 0 aliphatic heterocycles. The Kier molecular flexibility index (Phi) is 4.04. The van der Waals surface area contributed by atoms with E-state index in [-0.39, 0.29) is 11.1 Å². The van der Waals surface area contributed by atoms with Gasteiger partial charge in [-0.2, -0.15) is 0 Å². The lowest BCUT2D eigenvalue weighted by Gasteiger charge is -2.12. The molecule has 0 aliphatic carbocycles. The zero-order valence-corrected chi connectivity index (χ0v) is 11.4. The Morgan fingerprint density at radius 2 is 1.89 bits per heavy atom. The second-order valence-corrected chi connectivity index (χ2v) is 5.77. The summed E-state index contributed by atoms with van der Waals surface area (Å²) in [6.07, 6.45) is 0. The molecule has 0 unspecified atom stereocenters. The van der Waals surface area contributed by atoms with Crippen LogP contribution in [0.1, 0.15) is 24.3 Å². The fourth-order valence-corrected chi connectivity index (χ4v) is 2.20. The van der Waals surface area contributed by atoms with Crippen molar-refractivity contribution in [2.24, 2.45) is 5.14 Å². The van der Waals surface area contributed by atoms with Crippen molar-refractivity contribution in [3.05, 3.63) is 53.8 Å². The summed E-state index contributed by atoms with van der Waals surface area (Å²) in [5.41, 5.74) is 1.15. The SMILES string of the molecule is C[C@@H](NCc1ccc(S(N)(=O)=O)o1)c1ccccc1. The number of sulfonamides is 1. The lowest BCUT2D eigenvalue weighted by molar-refractivity contribution is 0.393. The van der Waals surface area contributed by atoms with Crippen molar-refractivity contribution in [3.8, 4) is 0 Å². The lowest BCUT2D eigenvalue weighted by atomic mass is 10.1. The van der Waals surface area contributed by atoms with Gasteiger partial charge in [-0.15, -0.1) is 0 Å². The Morgan fingerprint density at radius 3 is 2.47 bits per heavy atom. The molecule has 0 aliphatic rings. The standard InChI is InChI=1S/C13H16N2O3S/c1-10(11-5-3-2-4-6-11)15-9-12-7-8-13(18-12)19(14,16)17/h2-8,10,15H,9H2,1H3,(H2,14,16,17)/t10-/m1/s1. The molecular weight excluding hydrogens is 264 g/mol. The largest absolute Gasteiger partial charge is 0.447 e. The highest BCUT2D eigenvalue weighted by Gasteiger charge is 2.13. The van der Waals surface area contributed by atoms with Gasteiger partial charge in [-0.1, -0.05) is 30.3 Å². The van der Waals surface area contributed by atoms with E-state index in [1.165, 1.54) is 6.07 Å². The first-order valence-corrected chi connectivity index (χ1v) is 7.41. The van der Waals surface area contributed by atoms with E-state index in [0.29, 0.717) is 12.3 Å². The van der Waals surface area contributed by atoms with Gasteiger partial charge in [0.15, 0.2) is 0 Å². The van der Waals surface area contributed by atoms with E-state index in [2.05, 4.69) is 5.32 Å². The molecule has 1 aromatic carbocycles. The number of nitrogens with one attached hydrogen (secondary N) is 1. The van der Waals surface area contributed by atoms with Crippen molar-refractivity contribution < 1.29 is 12.8 Å². The summed E-state index contributed by atoms with van der Waals surface area (Å²) in [6.45, 7) is 2.46. The van der Waals surface area contributed by atoms with Gasteiger partial charge in [-0.25, -0.2) is 13.6 Å². The number of hydrogen-bond acceptors (Lipinski definition) is 4. The third-order valence-corrected chi connectivity index (χ3v) is 3.58. The van der Waals surface area contributed by atoms with Gasteiger partial charge in [0.05, 0.1) is 6.54 Å². The Bertz CT molecular complexity index is 635. The molecule has 1 heterocycles. The molecule has 1 atom stereocenters. The molecule has 0 spiro atoms. The second-order valence-electron chi connectivity index (χ2n) is 4.28. The predicted octanol–water partition coefficient (Wildman–Crippen LogP) is 1.78. The third-order valence-electron chi connectivity index (χ3n) is 2.80. The summed E-state index contributed by atoms with van der Waals surface area (Å²) in [7, 11) is -3.77. The molecule has 0 radical (unpaired) electrons. The fourth-order valence-electron chi connectivity index (χ4n) is 1.72. The summed E-state index contributed by atoms with van der Waals surface area (Å²) in [6, 6.07) is 13.1. The van der Waals surface area contributed by atoms with Gasteiger partial charge < -0.3 is 9.73 Å². The quantitative estimate of drug-likeness (QED) is 0.874. The van der Waals surface area contributed by atoms with Crippen LogP contribution in [0.3, 0.4) is 0 Å². The molecule has 3 N–H and O–H groups in total. The van der Waals surface area contributed by atoms with Gasteiger partial charge in [0.1, 0.15) is 5.76 Å². The van der Waals surface area contributed by atoms with Crippen LogP contribution in [0.4, 0.5) is 0 Å². The molecule has 2 aromatic rings. The highest BCUT2D eigenvalue weighted by molar-refractivity contribution is 7.89. The molecule has 0 saturated heterocycles. The number of hydrogen-bond donors (Lipinski definition) is 2. The molecule has 0 saturated carbocycles. The molecule has 0 fully saturated rings. The summed E-state index contributed by atoms with van der Waals surface area (Å²) in [5.74, 6) is 0.534. The van der Waals surface area contributed by atoms with E-state index in [0.717, 1.165) is 5.56 Å². The van der Waals surface area contributed by atoms with Crippen LogP contribution in [-0.4, -0.2) is 8.42 Å². The fraction of sp³-hybridized carbons (Fsp3) is 0.231. The number of primary sulfonamides is 1. The van der Waals surface area contributed by atoms with Gasteiger partial charge in [0.25, 0.3) is 10.0 Å². The molecule has 0 bridgehead atoms. The minimum absolute atomic E-state index is 0.143. The molecule has 5 nitrogen and oxygen atoms in total. The van der Waals surface area contributed by atoms with Crippen molar-refractivity contribution in [1.82, 2.24) is 5.32 Å². The van der Waals surface area contributed by atoms with Crippen molar-refractivity contribution >= 4 is 10.0 Å². The predicted molar refractivity (Wildman–Crippen MR) is 71.8 cm³/mol. The average Bonchev–Trinajstić information content (AvgIpc) is 2.86. The van der Waals surface area contributed by atoms with E-state index in [1.807, 2.05) is 37.3 Å². The van der Waals surface area contributed by atoms with Crippen LogP contribution in [0.15, 0.2) is 52.0 Å². The second kappa shape index (κ2) is 5.56. The van der Waals surface area contributed by atoms with Gasteiger partial charge in [-0.05, 0) is 24.6 Å². The maximum atomic E-state index is 11.1. The monoisotopic (exact) mass is 280 g/mol. The summed E-state index contributed by atoms with van der Waals surface area (Å²) >= 11 is 0. The molecule has 1 aromatic heterocycles. The first-order valence-electron chi connectivity index (χ1n) is 5.86. The van der Waals surface area contributed by atoms with Gasteiger partial charge in [0, 0.05) is 6.04 Å². The number of furan rings is 1. The van der Waals surface area contributed by atoms with Gasteiger partial charge in [0.2, 0.25) is 5.09 Å². The Hall–Kier alpha value is -1.63. The molecule has 2 rings (SSSR count). The van der Waals surface area contributed by atoms with E-state index in [1.54, 1.807) is 6.07 Å². The summed E-state index contributed by atoms with van der Waals surface area (Å²) in [5, 5.41) is 8.01. The average molecular weight is 280 g/mol. The number of benzene rings is 1. The molecule has 102 valence electrons. The first-order chi connectivity index (χ1) is 8.97. The van der Waals surface area contributed by atoms with Crippen LogP contribution in [0.5, 0.6) is 0 Å². The maximum Gasteiger partial charge on any atom is 0.271 e. The van der Waals surface area contributed by atoms with Crippen LogP contribution in [0.25, 0.3) is 0 Å². The maximum absolute atomic E-state index is 11.1. The number of nitrogens with two attached hydrogens (primary N) is 1. The van der Waals surface area contributed by atoms with Crippen molar-refractivity contribution in [3.63, 3.8) is 0 Å². The van der Waals surface area contributed by atoms with Crippen LogP contribution in [0.2, 0.25) is 0 Å². The highest BCUT2D eigenvalue weighted by atomic mass is 32.2. The third kappa shape index (κ3) is 3.66. The Labute approximate surface area is 112 Å². The minimum Gasteiger partial charge on any atom is -0.447 e. The lowest BCUT2D eigenvalue weighted by Crippen LogP contribution is -2.17. The van der Waals surface area contributed by atoms with E-state index >= 15 is 0 Å². The molecular formula is C13H16N2O3S. The molecule has 6 heteroatoms. The zero-order valence-electron chi connectivity index (χ0n) is 10.5. The molecule has 19 heavy (non-hydrogen) atoms. The number of rotatable bonds is 5.